The number of aliphatic hydroxyl groups excluding tert-OH is 1. The highest BCUT2D eigenvalue weighted by Crippen LogP contribution is 2.42. The first kappa shape index (κ1) is 25.0. The van der Waals surface area contributed by atoms with Crippen LogP contribution in [0.25, 0.3) is 11.1 Å². The zero-order valence-corrected chi connectivity index (χ0v) is 19.8. The van der Waals surface area contributed by atoms with E-state index >= 15 is 0 Å². The number of aliphatic hydroxyl groups is 1. The second-order valence-corrected chi connectivity index (χ2v) is 9.30. The smallest absolute Gasteiger partial charge is 0.223 e. The van der Waals surface area contributed by atoms with Crippen LogP contribution < -0.4 is 0 Å². The Kier molecular flexibility index (Phi) is 7.60. The van der Waals surface area contributed by atoms with Crippen LogP contribution in [-0.4, -0.2) is 29.1 Å². The lowest BCUT2D eigenvalue weighted by molar-refractivity contribution is -0.139. The normalized spacial score (nSPS) is 19.1. The molecular formula is C29H30F3NO2. The molecule has 6 heteroatoms. The lowest BCUT2D eigenvalue weighted by Crippen LogP contribution is -2.47. The molecule has 1 amide bonds. The zero-order valence-electron chi connectivity index (χ0n) is 19.8. The van der Waals surface area contributed by atoms with Crippen molar-refractivity contribution < 1.29 is 23.1 Å². The molecule has 1 heterocycles. The Balaban J connectivity index is 1.55. The Morgan fingerprint density at radius 3 is 2.26 bits per heavy atom. The SMILES string of the molecule is CC[C@@H](c1ccc(-c2ccc(F)cc2F)cc1)N1CC[C@](CCCO)(c2ccc(F)cc2)CC1=O. The maximum absolute atomic E-state index is 14.2. The molecule has 3 aromatic carbocycles. The molecule has 0 unspecified atom stereocenters. The molecule has 1 aliphatic heterocycles. The van der Waals surface area contributed by atoms with Crippen LogP contribution in [0, 0.1) is 17.5 Å². The summed E-state index contributed by atoms with van der Waals surface area (Å²) in [7, 11) is 0. The molecule has 184 valence electrons. The lowest BCUT2D eigenvalue weighted by atomic mass is 9.69. The zero-order chi connectivity index (χ0) is 25.0. The molecule has 4 rings (SSSR count). The second kappa shape index (κ2) is 10.6. The Hall–Kier alpha value is -3.12. The van der Waals surface area contributed by atoms with Crippen LogP contribution in [0.1, 0.15) is 56.2 Å². The average Bonchev–Trinajstić information content (AvgIpc) is 2.85. The van der Waals surface area contributed by atoms with Gasteiger partial charge in [0, 0.05) is 36.6 Å². The average molecular weight is 482 g/mol. The van der Waals surface area contributed by atoms with Crippen LogP contribution in [0.2, 0.25) is 0 Å². The van der Waals surface area contributed by atoms with E-state index in [-0.39, 0.29) is 24.4 Å². The summed E-state index contributed by atoms with van der Waals surface area (Å²) in [6, 6.07) is 17.1. The third kappa shape index (κ3) is 5.27. The van der Waals surface area contributed by atoms with Gasteiger partial charge in [0.05, 0.1) is 6.04 Å². The van der Waals surface area contributed by atoms with Crippen molar-refractivity contribution in [2.75, 3.05) is 13.2 Å². The van der Waals surface area contributed by atoms with Gasteiger partial charge in [0.1, 0.15) is 17.5 Å². The van der Waals surface area contributed by atoms with E-state index in [0.29, 0.717) is 36.9 Å². The summed E-state index contributed by atoms with van der Waals surface area (Å²) in [4.78, 5) is 15.4. The Morgan fingerprint density at radius 1 is 0.971 bits per heavy atom. The molecule has 35 heavy (non-hydrogen) atoms. The van der Waals surface area contributed by atoms with Crippen molar-refractivity contribution in [3.63, 3.8) is 0 Å². The van der Waals surface area contributed by atoms with Gasteiger partial charge >= 0.3 is 0 Å². The van der Waals surface area contributed by atoms with E-state index in [1.54, 1.807) is 24.3 Å². The number of nitrogens with zero attached hydrogens (tertiary/aromatic N) is 1. The van der Waals surface area contributed by atoms with Crippen LogP contribution >= 0.6 is 0 Å². The van der Waals surface area contributed by atoms with Gasteiger partial charge in [-0.15, -0.1) is 0 Å². The molecule has 3 aromatic rings. The van der Waals surface area contributed by atoms with Gasteiger partial charge in [-0.2, -0.15) is 0 Å². The summed E-state index contributed by atoms with van der Waals surface area (Å²) in [5.74, 6) is -1.52. The minimum atomic E-state index is -0.617. The molecule has 0 aromatic heterocycles. The number of rotatable bonds is 8. The number of piperidine rings is 1. The molecule has 2 atom stereocenters. The first-order chi connectivity index (χ1) is 16.9. The minimum Gasteiger partial charge on any atom is -0.396 e. The number of halogens is 3. The maximum Gasteiger partial charge on any atom is 0.223 e. The van der Waals surface area contributed by atoms with Crippen LogP contribution in [0.3, 0.4) is 0 Å². The predicted octanol–water partition coefficient (Wildman–Crippen LogP) is 6.55. The molecule has 0 spiro atoms. The van der Waals surface area contributed by atoms with Gasteiger partial charge in [0.2, 0.25) is 5.91 Å². The quantitative estimate of drug-likeness (QED) is 0.396. The number of hydrogen-bond donors (Lipinski definition) is 1. The molecular weight excluding hydrogens is 451 g/mol. The number of likely N-dealkylation sites (tertiary alicyclic amines) is 1. The maximum atomic E-state index is 14.2. The van der Waals surface area contributed by atoms with Gasteiger partial charge in [-0.3, -0.25) is 4.79 Å². The highest BCUT2D eigenvalue weighted by atomic mass is 19.1. The molecule has 0 saturated carbocycles. The Bertz CT molecular complexity index is 1160. The van der Waals surface area contributed by atoms with Crippen molar-refractivity contribution in [1.29, 1.82) is 0 Å². The number of carbonyl (C=O) groups excluding carboxylic acids is 1. The number of carbonyl (C=O) groups is 1. The first-order valence-electron chi connectivity index (χ1n) is 12.1. The van der Waals surface area contributed by atoms with Crippen molar-refractivity contribution in [2.24, 2.45) is 0 Å². The summed E-state index contributed by atoms with van der Waals surface area (Å²) >= 11 is 0. The number of benzene rings is 3. The van der Waals surface area contributed by atoms with E-state index in [1.807, 2.05) is 24.0 Å². The molecule has 1 N–H and O–H groups in total. The number of hydrogen-bond acceptors (Lipinski definition) is 2. The fourth-order valence-corrected chi connectivity index (χ4v) is 5.34. The first-order valence-corrected chi connectivity index (χ1v) is 12.1. The summed E-state index contributed by atoms with van der Waals surface area (Å²) < 4.78 is 41.0. The largest absolute Gasteiger partial charge is 0.396 e. The van der Waals surface area contributed by atoms with Gasteiger partial charge in [0.25, 0.3) is 0 Å². The third-order valence-electron chi connectivity index (χ3n) is 7.21. The van der Waals surface area contributed by atoms with Gasteiger partial charge in [0.15, 0.2) is 0 Å². The van der Waals surface area contributed by atoms with E-state index in [0.717, 1.165) is 30.0 Å². The molecule has 0 aliphatic carbocycles. The van der Waals surface area contributed by atoms with Crippen molar-refractivity contribution in [2.45, 2.75) is 50.5 Å². The van der Waals surface area contributed by atoms with Crippen LogP contribution in [0.4, 0.5) is 13.2 Å². The van der Waals surface area contributed by atoms with Gasteiger partial charge in [-0.1, -0.05) is 43.3 Å². The third-order valence-corrected chi connectivity index (χ3v) is 7.21. The van der Waals surface area contributed by atoms with E-state index in [2.05, 4.69) is 0 Å². The topological polar surface area (TPSA) is 40.5 Å². The molecule has 1 aliphatic rings. The molecule has 1 saturated heterocycles. The van der Waals surface area contributed by atoms with Crippen LogP contribution in [-0.2, 0) is 10.2 Å². The Labute approximate surface area is 204 Å². The fourth-order valence-electron chi connectivity index (χ4n) is 5.34. The van der Waals surface area contributed by atoms with E-state index in [9.17, 15) is 23.1 Å². The Morgan fingerprint density at radius 2 is 1.66 bits per heavy atom. The van der Waals surface area contributed by atoms with Crippen LogP contribution in [0.15, 0.2) is 66.7 Å². The van der Waals surface area contributed by atoms with Crippen molar-refractivity contribution in [3.8, 4) is 11.1 Å². The van der Waals surface area contributed by atoms with E-state index in [1.165, 1.54) is 24.3 Å². The van der Waals surface area contributed by atoms with Gasteiger partial charge < -0.3 is 10.0 Å². The molecule has 1 fully saturated rings. The summed E-state index contributed by atoms with van der Waals surface area (Å²) in [6.07, 6.45) is 2.97. The van der Waals surface area contributed by atoms with Gasteiger partial charge in [-0.05, 0) is 66.6 Å². The highest BCUT2D eigenvalue weighted by molar-refractivity contribution is 5.79. The molecule has 0 bridgehead atoms. The minimum absolute atomic E-state index is 0.0269. The van der Waals surface area contributed by atoms with E-state index in [4.69, 9.17) is 0 Å². The summed E-state index contributed by atoms with van der Waals surface area (Å²) in [5.41, 5.74) is 2.43. The van der Waals surface area contributed by atoms with Gasteiger partial charge in [-0.25, -0.2) is 13.2 Å². The fraction of sp³-hybridized carbons (Fsp3) is 0.345. The van der Waals surface area contributed by atoms with Crippen molar-refractivity contribution in [3.05, 3.63) is 95.3 Å². The predicted molar refractivity (Wildman–Crippen MR) is 130 cm³/mol. The second-order valence-electron chi connectivity index (χ2n) is 9.30. The lowest BCUT2D eigenvalue weighted by Gasteiger charge is -2.44. The number of amides is 1. The molecule has 0 radical (unpaired) electrons. The van der Waals surface area contributed by atoms with E-state index < -0.39 is 17.0 Å². The van der Waals surface area contributed by atoms with Crippen molar-refractivity contribution in [1.82, 2.24) is 4.90 Å². The standard InChI is InChI=1S/C29H30F3NO2/c1-2-27(21-6-4-20(5-7-21)25-13-12-24(31)18-26(25)32)33-16-15-29(14-3-17-34,19-28(33)35)22-8-10-23(30)11-9-22/h4-13,18,27,34H,2-3,14-17,19H2,1H3/t27-,29-/m0/s1. The molecule has 3 nitrogen and oxygen atoms in total. The summed E-state index contributed by atoms with van der Waals surface area (Å²) in [5, 5.41) is 9.43. The summed E-state index contributed by atoms with van der Waals surface area (Å²) in [6.45, 7) is 2.62. The monoisotopic (exact) mass is 481 g/mol. The van der Waals surface area contributed by atoms with Crippen molar-refractivity contribution >= 4 is 5.91 Å². The highest BCUT2D eigenvalue weighted by Gasteiger charge is 2.41. The van der Waals surface area contributed by atoms with Crippen LogP contribution in [0.5, 0.6) is 0 Å².